The molecule has 0 saturated heterocycles. The fourth-order valence-electron chi connectivity index (χ4n) is 2.90. The molecule has 0 saturated carbocycles. The van der Waals surface area contributed by atoms with Gasteiger partial charge in [0.1, 0.15) is 18.1 Å². The summed E-state index contributed by atoms with van der Waals surface area (Å²) in [7, 11) is 3.52. The van der Waals surface area contributed by atoms with E-state index in [1.54, 1.807) is 18.9 Å². The Morgan fingerprint density at radius 2 is 2.08 bits per heavy atom. The van der Waals surface area contributed by atoms with Crippen LogP contribution in [0.2, 0.25) is 0 Å². The molecule has 0 aliphatic carbocycles. The van der Waals surface area contributed by atoms with E-state index in [0.29, 0.717) is 13.0 Å². The minimum Gasteiger partial charge on any atom is -0.497 e. The van der Waals surface area contributed by atoms with Crippen molar-refractivity contribution in [3.05, 3.63) is 54.1 Å². The van der Waals surface area contributed by atoms with Crippen LogP contribution in [-0.2, 0) is 11.2 Å². The summed E-state index contributed by atoms with van der Waals surface area (Å²) in [5.74, 6) is 2.54. The maximum atomic E-state index is 12.7. The lowest BCUT2D eigenvalue weighted by Gasteiger charge is -2.28. The van der Waals surface area contributed by atoms with Crippen LogP contribution in [0, 0.1) is 5.92 Å². The standard InChI is InChI=1S/C20H23NO3S/c1-21(10-11-25-18-6-4-3-5-7-18)20(22)16-12-15-13-17(23-2)8-9-19(15)24-14-16/h3-9,13,16H,10-12,14H2,1-2H3/t16-/m1/s1. The number of methoxy groups -OCH3 is 1. The molecular formula is C20H23NO3S. The molecule has 1 aliphatic rings. The molecule has 1 aliphatic heterocycles. The molecule has 1 atom stereocenters. The zero-order valence-corrected chi connectivity index (χ0v) is 15.4. The average molecular weight is 357 g/mol. The van der Waals surface area contributed by atoms with E-state index in [2.05, 4.69) is 12.1 Å². The highest BCUT2D eigenvalue weighted by atomic mass is 32.2. The van der Waals surface area contributed by atoms with Crippen LogP contribution in [0.3, 0.4) is 0 Å². The summed E-state index contributed by atoms with van der Waals surface area (Å²) >= 11 is 1.76. The normalized spacial score (nSPS) is 15.8. The van der Waals surface area contributed by atoms with Crippen molar-refractivity contribution in [2.45, 2.75) is 11.3 Å². The predicted octanol–water partition coefficient (Wildman–Crippen LogP) is 3.50. The summed E-state index contributed by atoms with van der Waals surface area (Å²) in [6.07, 6.45) is 0.696. The molecule has 0 spiro atoms. The second kappa shape index (κ2) is 8.30. The van der Waals surface area contributed by atoms with E-state index in [1.807, 2.05) is 48.3 Å². The Morgan fingerprint density at radius 1 is 1.28 bits per heavy atom. The fourth-order valence-corrected chi connectivity index (χ4v) is 3.85. The van der Waals surface area contributed by atoms with Crippen molar-refractivity contribution in [3.63, 3.8) is 0 Å². The number of thioether (sulfide) groups is 1. The van der Waals surface area contributed by atoms with E-state index in [1.165, 1.54) is 4.90 Å². The van der Waals surface area contributed by atoms with Gasteiger partial charge in [-0.25, -0.2) is 0 Å². The number of nitrogens with zero attached hydrogens (tertiary/aromatic N) is 1. The van der Waals surface area contributed by atoms with Crippen LogP contribution < -0.4 is 9.47 Å². The van der Waals surface area contributed by atoms with Crippen molar-refractivity contribution in [2.24, 2.45) is 5.92 Å². The Bertz CT molecular complexity index is 720. The van der Waals surface area contributed by atoms with Gasteiger partial charge >= 0.3 is 0 Å². The monoisotopic (exact) mass is 357 g/mol. The van der Waals surface area contributed by atoms with E-state index in [4.69, 9.17) is 9.47 Å². The fraction of sp³-hybridized carbons (Fsp3) is 0.350. The minimum absolute atomic E-state index is 0.133. The highest BCUT2D eigenvalue weighted by molar-refractivity contribution is 7.99. The smallest absolute Gasteiger partial charge is 0.229 e. The Hall–Kier alpha value is -2.14. The van der Waals surface area contributed by atoms with Crippen LogP contribution in [0.15, 0.2) is 53.4 Å². The van der Waals surface area contributed by atoms with Crippen molar-refractivity contribution in [1.82, 2.24) is 4.90 Å². The molecule has 5 heteroatoms. The molecule has 2 aromatic carbocycles. The number of ether oxygens (including phenoxy) is 2. The third kappa shape index (κ3) is 4.48. The molecule has 0 fully saturated rings. The van der Waals surface area contributed by atoms with Gasteiger partial charge in [0.2, 0.25) is 5.91 Å². The number of amides is 1. The van der Waals surface area contributed by atoms with E-state index in [-0.39, 0.29) is 11.8 Å². The van der Waals surface area contributed by atoms with Crippen molar-refractivity contribution in [1.29, 1.82) is 0 Å². The van der Waals surface area contributed by atoms with Crippen molar-refractivity contribution < 1.29 is 14.3 Å². The minimum atomic E-state index is -0.133. The largest absolute Gasteiger partial charge is 0.497 e. The lowest BCUT2D eigenvalue weighted by Crippen LogP contribution is -2.39. The van der Waals surface area contributed by atoms with Gasteiger partial charge in [-0.05, 0) is 42.3 Å². The highest BCUT2D eigenvalue weighted by Gasteiger charge is 2.28. The quantitative estimate of drug-likeness (QED) is 0.742. The van der Waals surface area contributed by atoms with Gasteiger partial charge in [-0.1, -0.05) is 18.2 Å². The van der Waals surface area contributed by atoms with E-state index >= 15 is 0 Å². The van der Waals surface area contributed by atoms with Gasteiger partial charge in [0.15, 0.2) is 0 Å². The van der Waals surface area contributed by atoms with Crippen molar-refractivity contribution in [3.8, 4) is 11.5 Å². The maximum absolute atomic E-state index is 12.7. The summed E-state index contributed by atoms with van der Waals surface area (Å²) in [6, 6.07) is 16.0. The Morgan fingerprint density at radius 3 is 2.84 bits per heavy atom. The molecule has 25 heavy (non-hydrogen) atoms. The molecule has 4 nitrogen and oxygen atoms in total. The van der Waals surface area contributed by atoms with Gasteiger partial charge < -0.3 is 14.4 Å². The molecule has 0 aromatic heterocycles. The molecule has 3 rings (SSSR count). The van der Waals surface area contributed by atoms with Crippen LogP contribution >= 0.6 is 11.8 Å². The van der Waals surface area contributed by atoms with Gasteiger partial charge in [-0.3, -0.25) is 4.79 Å². The van der Waals surface area contributed by atoms with Crippen LogP contribution in [-0.4, -0.2) is 43.9 Å². The topological polar surface area (TPSA) is 38.8 Å². The Labute approximate surface area is 153 Å². The van der Waals surface area contributed by atoms with Crippen molar-refractivity contribution in [2.75, 3.05) is 33.1 Å². The predicted molar refractivity (Wildman–Crippen MR) is 100 cm³/mol. The number of carbonyl (C=O) groups is 1. The summed E-state index contributed by atoms with van der Waals surface area (Å²) in [4.78, 5) is 15.8. The second-order valence-electron chi connectivity index (χ2n) is 6.11. The number of fused-ring (bicyclic) bond motifs is 1. The SMILES string of the molecule is COc1ccc2c(c1)C[C@@H](C(=O)N(C)CCSc1ccccc1)CO2. The first kappa shape index (κ1) is 17.7. The van der Waals surface area contributed by atoms with E-state index in [9.17, 15) is 4.79 Å². The third-order valence-corrected chi connectivity index (χ3v) is 5.33. The lowest BCUT2D eigenvalue weighted by molar-refractivity contribution is -0.135. The second-order valence-corrected chi connectivity index (χ2v) is 7.28. The first-order valence-electron chi connectivity index (χ1n) is 8.40. The summed E-state index contributed by atoms with van der Waals surface area (Å²) in [5, 5.41) is 0. The van der Waals surface area contributed by atoms with Gasteiger partial charge in [0.25, 0.3) is 0 Å². The summed E-state index contributed by atoms with van der Waals surface area (Å²) in [5.41, 5.74) is 1.04. The number of carbonyl (C=O) groups excluding carboxylic acids is 1. The summed E-state index contributed by atoms with van der Waals surface area (Å²) < 4.78 is 11.0. The molecule has 2 aromatic rings. The molecule has 0 N–H and O–H groups in total. The third-order valence-electron chi connectivity index (χ3n) is 4.34. The van der Waals surface area contributed by atoms with Gasteiger partial charge in [0, 0.05) is 24.2 Å². The molecular weight excluding hydrogens is 334 g/mol. The molecule has 0 unspecified atom stereocenters. The molecule has 0 radical (unpaired) electrons. The average Bonchev–Trinajstić information content (AvgIpc) is 2.67. The zero-order valence-electron chi connectivity index (χ0n) is 14.6. The summed E-state index contributed by atoms with van der Waals surface area (Å²) in [6.45, 7) is 1.16. The Balaban J connectivity index is 1.53. The van der Waals surface area contributed by atoms with Crippen LogP contribution in [0.1, 0.15) is 5.56 Å². The van der Waals surface area contributed by atoms with Crippen LogP contribution in [0.5, 0.6) is 11.5 Å². The highest BCUT2D eigenvalue weighted by Crippen LogP contribution is 2.31. The van der Waals surface area contributed by atoms with Gasteiger partial charge in [0.05, 0.1) is 13.0 Å². The van der Waals surface area contributed by atoms with Crippen molar-refractivity contribution >= 4 is 17.7 Å². The number of benzene rings is 2. The molecule has 1 amide bonds. The number of hydrogen-bond acceptors (Lipinski definition) is 4. The number of hydrogen-bond donors (Lipinski definition) is 0. The number of rotatable bonds is 6. The first-order chi connectivity index (χ1) is 12.2. The molecule has 1 heterocycles. The van der Waals surface area contributed by atoms with Crippen LogP contribution in [0.25, 0.3) is 0 Å². The Kier molecular flexibility index (Phi) is 5.87. The van der Waals surface area contributed by atoms with E-state index < -0.39 is 0 Å². The molecule has 132 valence electrons. The van der Waals surface area contributed by atoms with Gasteiger partial charge in [-0.2, -0.15) is 0 Å². The maximum Gasteiger partial charge on any atom is 0.229 e. The van der Waals surface area contributed by atoms with E-state index in [0.717, 1.165) is 29.4 Å². The van der Waals surface area contributed by atoms with Gasteiger partial charge in [-0.15, -0.1) is 11.8 Å². The lowest BCUT2D eigenvalue weighted by atomic mass is 9.95. The van der Waals surface area contributed by atoms with Crippen LogP contribution in [0.4, 0.5) is 0 Å². The molecule has 0 bridgehead atoms. The first-order valence-corrected chi connectivity index (χ1v) is 9.38. The zero-order chi connectivity index (χ0) is 17.6.